The minimum atomic E-state index is -4.79. The maximum absolute atomic E-state index is 12.9. The number of rotatable bonds is 3. The third-order valence-corrected chi connectivity index (χ3v) is 2.76. The van der Waals surface area contributed by atoms with E-state index in [1.54, 1.807) is 0 Å². The summed E-state index contributed by atoms with van der Waals surface area (Å²) in [6, 6.07) is 2.71. The van der Waals surface area contributed by atoms with Crippen molar-refractivity contribution in [3.8, 4) is 0 Å². The summed E-state index contributed by atoms with van der Waals surface area (Å²) in [6.45, 7) is 2.97. The zero-order chi connectivity index (χ0) is 16.7. The van der Waals surface area contributed by atoms with Crippen molar-refractivity contribution in [2.75, 3.05) is 0 Å². The second kappa shape index (κ2) is 5.28. The first-order valence-electron chi connectivity index (χ1n) is 6.08. The van der Waals surface area contributed by atoms with Crippen LogP contribution in [0.5, 0.6) is 0 Å². The van der Waals surface area contributed by atoms with Crippen LogP contribution in [-0.2, 0) is 11.0 Å². The van der Waals surface area contributed by atoms with Crippen LogP contribution < -0.4 is 4.84 Å². The molecular weight excluding hydrogens is 307 g/mol. The molecule has 10 heteroatoms. The maximum atomic E-state index is 12.9. The SMILES string of the molecule is CC(C)C(=O)On1nc(C(F)(F)F)c2ccc([N+](=O)[O-])cc21. The van der Waals surface area contributed by atoms with E-state index in [-0.39, 0.29) is 5.52 Å². The number of nitro groups is 1. The highest BCUT2D eigenvalue weighted by molar-refractivity contribution is 5.85. The Morgan fingerprint density at radius 1 is 1.41 bits per heavy atom. The van der Waals surface area contributed by atoms with Gasteiger partial charge in [-0.1, -0.05) is 18.7 Å². The van der Waals surface area contributed by atoms with E-state index in [1.807, 2.05) is 0 Å². The highest BCUT2D eigenvalue weighted by atomic mass is 19.4. The molecule has 118 valence electrons. The summed E-state index contributed by atoms with van der Waals surface area (Å²) in [5.41, 5.74) is -2.03. The van der Waals surface area contributed by atoms with Crippen LogP contribution in [-0.4, -0.2) is 20.8 Å². The Labute approximate surface area is 121 Å². The Kier molecular flexibility index (Phi) is 3.77. The molecule has 0 spiro atoms. The highest BCUT2D eigenvalue weighted by Crippen LogP contribution is 2.35. The first-order chi connectivity index (χ1) is 10.1. The fraction of sp³-hybridized carbons (Fsp3) is 0.333. The molecule has 0 saturated carbocycles. The van der Waals surface area contributed by atoms with E-state index >= 15 is 0 Å². The van der Waals surface area contributed by atoms with E-state index in [4.69, 9.17) is 4.84 Å². The summed E-state index contributed by atoms with van der Waals surface area (Å²) >= 11 is 0. The molecule has 2 aromatic rings. The van der Waals surface area contributed by atoms with Crippen LogP contribution >= 0.6 is 0 Å². The second-order valence-electron chi connectivity index (χ2n) is 4.74. The number of hydrogen-bond acceptors (Lipinski definition) is 5. The number of hydrogen-bond donors (Lipinski definition) is 0. The Balaban J connectivity index is 2.65. The molecule has 1 aromatic carbocycles. The minimum Gasteiger partial charge on any atom is -0.318 e. The first-order valence-corrected chi connectivity index (χ1v) is 6.08. The molecule has 22 heavy (non-hydrogen) atoms. The van der Waals surface area contributed by atoms with Crippen LogP contribution in [0.25, 0.3) is 10.9 Å². The fourth-order valence-electron chi connectivity index (χ4n) is 1.66. The molecular formula is C12H10F3N3O4. The monoisotopic (exact) mass is 317 g/mol. The van der Waals surface area contributed by atoms with Crippen molar-refractivity contribution >= 4 is 22.6 Å². The largest absolute Gasteiger partial charge is 0.435 e. The molecule has 7 nitrogen and oxygen atoms in total. The van der Waals surface area contributed by atoms with E-state index in [9.17, 15) is 28.1 Å². The van der Waals surface area contributed by atoms with Gasteiger partial charge in [0.05, 0.1) is 10.8 Å². The molecule has 2 rings (SSSR count). The molecule has 0 saturated heterocycles. The first kappa shape index (κ1) is 15.7. The number of benzene rings is 1. The van der Waals surface area contributed by atoms with E-state index in [0.717, 1.165) is 18.2 Å². The Morgan fingerprint density at radius 2 is 2.05 bits per heavy atom. The minimum absolute atomic E-state index is 0.310. The van der Waals surface area contributed by atoms with E-state index in [2.05, 4.69) is 5.10 Å². The van der Waals surface area contributed by atoms with Gasteiger partial charge in [0.15, 0.2) is 5.69 Å². The fourth-order valence-corrected chi connectivity index (χ4v) is 1.66. The molecule has 0 aliphatic heterocycles. The van der Waals surface area contributed by atoms with Crippen LogP contribution in [0.3, 0.4) is 0 Å². The van der Waals surface area contributed by atoms with Crippen LogP contribution in [0.15, 0.2) is 18.2 Å². The van der Waals surface area contributed by atoms with Gasteiger partial charge < -0.3 is 4.84 Å². The molecule has 0 atom stereocenters. The van der Waals surface area contributed by atoms with E-state index < -0.39 is 39.8 Å². The highest BCUT2D eigenvalue weighted by Gasteiger charge is 2.38. The van der Waals surface area contributed by atoms with Gasteiger partial charge in [0.2, 0.25) is 0 Å². The number of non-ortho nitro benzene ring substituents is 1. The lowest BCUT2D eigenvalue weighted by Crippen LogP contribution is -2.25. The van der Waals surface area contributed by atoms with Gasteiger partial charge in [0.1, 0.15) is 5.52 Å². The number of carbonyl (C=O) groups is 1. The summed E-state index contributed by atoms with van der Waals surface area (Å²) in [5, 5.41) is 13.6. The molecule has 0 unspecified atom stereocenters. The second-order valence-corrected chi connectivity index (χ2v) is 4.74. The molecule has 0 radical (unpaired) electrons. The molecule has 0 aliphatic rings. The van der Waals surface area contributed by atoms with Gasteiger partial charge in [-0.2, -0.15) is 13.2 Å². The van der Waals surface area contributed by atoms with Gasteiger partial charge in [0.25, 0.3) is 5.69 Å². The predicted octanol–water partition coefficient (Wildman–Crippen LogP) is 2.57. The van der Waals surface area contributed by atoms with Crippen LogP contribution in [0.2, 0.25) is 0 Å². The quantitative estimate of drug-likeness (QED) is 0.641. The van der Waals surface area contributed by atoms with Crippen molar-refractivity contribution < 1.29 is 27.7 Å². The third kappa shape index (κ3) is 2.85. The van der Waals surface area contributed by atoms with E-state index in [1.165, 1.54) is 13.8 Å². The van der Waals surface area contributed by atoms with Gasteiger partial charge in [0, 0.05) is 17.5 Å². The number of nitro benzene ring substituents is 1. The van der Waals surface area contributed by atoms with Gasteiger partial charge in [-0.15, -0.1) is 5.10 Å². The molecule has 0 N–H and O–H groups in total. The van der Waals surface area contributed by atoms with Crippen LogP contribution in [0.1, 0.15) is 19.5 Å². The number of halogens is 3. The number of alkyl halides is 3. The van der Waals surface area contributed by atoms with Gasteiger partial charge in [-0.3, -0.25) is 10.1 Å². The third-order valence-electron chi connectivity index (χ3n) is 2.76. The predicted molar refractivity (Wildman–Crippen MR) is 67.8 cm³/mol. The normalized spacial score (nSPS) is 11.9. The summed E-state index contributed by atoms with van der Waals surface area (Å²) in [4.78, 5) is 26.6. The number of aromatic nitrogens is 2. The van der Waals surface area contributed by atoms with Crippen molar-refractivity contribution in [2.24, 2.45) is 5.92 Å². The zero-order valence-electron chi connectivity index (χ0n) is 11.4. The molecule has 1 aromatic heterocycles. The molecule has 0 amide bonds. The number of carbonyl (C=O) groups excluding carboxylic acids is 1. The van der Waals surface area contributed by atoms with Crippen LogP contribution in [0.4, 0.5) is 18.9 Å². The lowest BCUT2D eigenvalue weighted by Gasteiger charge is -2.06. The summed E-state index contributed by atoms with van der Waals surface area (Å²) < 4.78 is 38.8. The van der Waals surface area contributed by atoms with Crippen LogP contribution in [0, 0.1) is 16.0 Å². The Hall–Kier alpha value is -2.65. The Morgan fingerprint density at radius 3 is 2.55 bits per heavy atom. The van der Waals surface area contributed by atoms with E-state index in [0.29, 0.717) is 4.85 Å². The lowest BCUT2D eigenvalue weighted by molar-refractivity contribution is -0.384. The lowest BCUT2D eigenvalue weighted by atomic mass is 10.2. The average molecular weight is 317 g/mol. The number of nitrogens with zero attached hydrogens (tertiary/aromatic N) is 3. The summed E-state index contributed by atoms with van der Waals surface area (Å²) in [6.07, 6.45) is -4.79. The maximum Gasteiger partial charge on any atom is 0.435 e. The molecule has 0 aliphatic carbocycles. The Bertz CT molecular complexity index is 752. The molecule has 0 bridgehead atoms. The smallest absolute Gasteiger partial charge is 0.318 e. The van der Waals surface area contributed by atoms with Crippen molar-refractivity contribution in [3.05, 3.63) is 34.0 Å². The van der Waals surface area contributed by atoms with Gasteiger partial charge in [-0.25, -0.2) is 4.79 Å². The van der Waals surface area contributed by atoms with Crippen molar-refractivity contribution in [1.82, 2.24) is 9.94 Å². The van der Waals surface area contributed by atoms with Gasteiger partial charge >= 0.3 is 12.1 Å². The summed E-state index contributed by atoms with van der Waals surface area (Å²) in [7, 11) is 0. The van der Waals surface area contributed by atoms with Crippen molar-refractivity contribution in [1.29, 1.82) is 0 Å². The topological polar surface area (TPSA) is 87.3 Å². The average Bonchev–Trinajstić information content (AvgIpc) is 2.76. The standard InChI is InChI=1S/C12H10F3N3O4/c1-6(2)11(19)22-17-9-5-7(18(20)21)3-4-8(9)10(16-17)12(13,14)15/h3-6H,1-2H3. The van der Waals surface area contributed by atoms with Crippen molar-refractivity contribution in [2.45, 2.75) is 20.0 Å². The number of fused-ring (bicyclic) bond motifs is 1. The van der Waals surface area contributed by atoms with Gasteiger partial charge in [-0.05, 0) is 6.07 Å². The molecule has 0 fully saturated rings. The molecule has 1 heterocycles. The van der Waals surface area contributed by atoms with Crippen molar-refractivity contribution in [3.63, 3.8) is 0 Å². The zero-order valence-corrected chi connectivity index (χ0v) is 11.4. The summed E-state index contributed by atoms with van der Waals surface area (Å²) in [5.74, 6) is -1.42.